The van der Waals surface area contributed by atoms with Gasteiger partial charge in [0.15, 0.2) is 0 Å². The summed E-state index contributed by atoms with van der Waals surface area (Å²) in [5.41, 5.74) is 3.48. The first-order valence-electron chi connectivity index (χ1n) is 6.86. The topological polar surface area (TPSA) is 58.2 Å². The summed E-state index contributed by atoms with van der Waals surface area (Å²) in [6.07, 6.45) is -0.251. The Morgan fingerprint density at radius 3 is 2.14 bits per heavy atom. The Bertz CT molecular complexity index is 714. The van der Waals surface area contributed by atoms with Gasteiger partial charge in [-0.05, 0) is 55.3 Å². The van der Waals surface area contributed by atoms with Crippen molar-refractivity contribution in [2.45, 2.75) is 20.3 Å². The van der Waals surface area contributed by atoms with Gasteiger partial charge in [-0.3, -0.25) is 9.59 Å². The molecule has 0 spiro atoms. The van der Waals surface area contributed by atoms with Crippen molar-refractivity contribution >= 4 is 34.8 Å². The number of nitrogens with one attached hydrogen (secondary N) is 2. The van der Waals surface area contributed by atoms with Crippen LogP contribution in [0, 0.1) is 13.8 Å². The fourth-order valence-corrected chi connectivity index (χ4v) is 2.13. The lowest BCUT2D eigenvalue weighted by molar-refractivity contribution is -0.123. The summed E-state index contributed by atoms with van der Waals surface area (Å²) >= 11 is 5.84. The Labute approximate surface area is 134 Å². The molecule has 0 aliphatic heterocycles. The molecule has 2 aromatic carbocycles. The molecule has 0 radical (unpaired) electrons. The van der Waals surface area contributed by atoms with E-state index < -0.39 is 0 Å². The molecular weight excluding hydrogens is 300 g/mol. The van der Waals surface area contributed by atoms with E-state index in [9.17, 15) is 9.59 Å². The maximum absolute atomic E-state index is 11.9. The predicted octanol–water partition coefficient (Wildman–Crippen LogP) is 3.92. The number of rotatable bonds is 4. The number of halogens is 1. The fraction of sp³-hybridized carbons (Fsp3) is 0.176. The summed E-state index contributed by atoms with van der Waals surface area (Å²) in [6.45, 7) is 3.97. The Kier molecular flexibility index (Phi) is 5.17. The summed E-state index contributed by atoms with van der Waals surface area (Å²) in [6, 6.07) is 12.4. The summed E-state index contributed by atoms with van der Waals surface area (Å²) < 4.78 is 0. The average molecular weight is 317 g/mol. The number of carbonyl (C=O) groups excluding carboxylic acids is 2. The SMILES string of the molecule is Cc1ccc(NC(=O)CC(=O)Nc2cccc(Cl)c2)cc1C. The van der Waals surface area contributed by atoms with Gasteiger partial charge in [-0.2, -0.15) is 0 Å². The number of hydrogen-bond acceptors (Lipinski definition) is 2. The third-order valence-electron chi connectivity index (χ3n) is 3.22. The number of amides is 2. The molecule has 0 aromatic heterocycles. The quantitative estimate of drug-likeness (QED) is 0.840. The van der Waals surface area contributed by atoms with Crippen LogP contribution in [0.2, 0.25) is 5.02 Å². The lowest BCUT2D eigenvalue weighted by Crippen LogP contribution is -2.21. The van der Waals surface area contributed by atoms with Gasteiger partial charge >= 0.3 is 0 Å². The third-order valence-corrected chi connectivity index (χ3v) is 3.46. The van der Waals surface area contributed by atoms with E-state index in [1.165, 1.54) is 0 Å². The molecule has 0 heterocycles. The highest BCUT2D eigenvalue weighted by Gasteiger charge is 2.10. The van der Waals surface area contributed by atoms with Gasteiger partial charge in [-0.15, -0.1) is 0 Å². The van der Waals surface area contributed by atoms with Crippen LogP contribution in [0.1, 0.15) is 17.5 Å². The van der Waals surface area contributed by atoms with Gasteiger partial charge in [0.1, 0.15) is 6.42 Å². The zero-order chi connectivity index (χ0) is 16.1. The van der Waals surface area contributed by atoms with Crippen LogP contribution < -0.4 is 10.6 Å². The second kappa shape index (κ2) is 7.09. The van der Waals surface area contributed by atoms with Gasteiger partial charge in [0, 0.05) is 16.4 Å². The zero-order valence-electron chi connectivity index (χ0n) is 12.4. The van der Waals surface area contributed by atoms with E-state index in [4.69, 9.17) is 11.6 Å². The molecule has 5 heteroatoms. The first-order chi connectivity index (χ1) is 10.4. The van der Waals surface area contributed by atoms with Crippen LogP contribution >= 0.6 is 11.6 Å². The molecule has 0 unspecified atom stereocenters. The maximum atomic E-state index is 11.9. The van der Waals surface area contributed by atoms with Crippen molar-refractivity contribution in [1.29, 1.82) is 0 Å². The monoisotopic (exact) mass is 316 g/mol. The van der Waals surface area contributed by atoms with Crippen LogP contribution in [0.5, 0.6) is 0 Å². The van der Waals surface area contributed by atoms with E-state index in [0.29, 0.717) is 16.4 Å². The molecule has 0 bridgehead atoms. The normalized spacial score (nSPS) is 10.1. The second-order valence-electron chi connectivity index (χ2n) is 5.08. The largest absolute Gasteiger partial charge is 0.326 e. The summed E-state index contributed by atoms with van der Waals surface area (Å²) in [5.74, 6) is -0.744. The van der Waals surface area contributed by atoms with Crippen LogP contribution in [0.25, 0.3) is 0 Å². The van der Waals surface area contributed by atoms with E-state index in [0.717, 1.165) is 11.1 Å². The van der Waals surface area contributed by atoms with Gasteiger partial charge < -0.3 is 10.6 Å². The minimum Gasteiger partial charge on any atom is -0.326 e. The lowest BCUT2D eigenvalue weighted by Gasteiger charge is -2.08. The zero-order valence-corrected chi connectivity index (χ0v) is 13.2. The Hall–Kier alpha value is -2.33. The van der Waals surface area contributed by atoms with Gasteiger partial charge in [0.2, 0.25) is 11.8 Å². The third kappa shape index (κ3) is 4.60. The van der Waals surface area contributed by atoms with Gasteiger partial charge in [0.05, 0.1) is 0 Å². The molecule has 0 saturated heterocycles. The molecule has 2 amide bonds. The van der Waals surface area contributed by atoms with Gasteiger partial charge in [-0.25, -0.2) is 0 Å². The van der Waals surface area contributed by atoms with Crippen molar-refractivity contribution in [3.05, 3.63) is 58.6 Å². The second-order valence-corrected chi connectivity index (χ2v) is 5.52. The van der Waals surface area contributed by atoms with E-state index in [1.807, 2.05) is 32.0 Å². The minimum atomic E-state index is -0.386. The molecule has 0 saturated carbocycles. The first-order valence-corrected chi connectivity index (χ1v) is 7.24. The van der Waals surface area contributed by atoms with Crippen molar-refractivity contribution < 1.29 is 9.59 Å². The number of aryl methyl sites for hydroxylation is 2. The van der Waals surface area contributed by atoms with Crippen molar-refractivity contribution in [2.75, 3.05) is 10.6 Å². The Morgan fingerprint density at radius 2 is 1.55 bits per heavy atom. The molecule has 2 aromatic rings. The highest BCUT2D eigenvalue weighted by atomic mass is 35.5. The standard InChI is InChI=1S/C17H17ClN2O2/c1-11-6-7-15(8-12(11)2)20-17(22)10-16(21)19-14-5-3-4-13(18)9-14/h3-9H,10H2,1-2H3,(H,19,21)(H,20,22). The molecule has 2 rings (SSSR count). The highest BCUT2D eigenvalue weighted by Crippen LogP contribution is 2.16. The molecule has 22 heavy (non-hydrogen) atoms. The number of hydrogen-bond donors (Lipinski definition) is 2. The molecular formula is C17H17ClN2O2. The Balaban J connectivity index is 1.91. The Morgan fingerprint density at radius 1 is 0.909 bits per heavy atom. The summed E-state index contributed by atoms with van der Waals surface area (Å²) in [5, 5.41) is 5.87. The molecule has 2 N–H and O–H groups in total. The van der Waals surface area contributed by atoms with Crippen LogP contribution in [0.15, 0.2) is 42.5 Å². The molecule has 4 nitrogen and oxygen atoms in total. The predicted molar refractivity (Wildman–Crippen MR) is 89.2 cm³/mol. The molecule has 0 atom stereocenters. The lowest BCUT2D eigenvalue weighted by atomic mass is 10.1. The van der Waals surface area contributed by atoms with E-state index in [-0.39, 0.29) is 18.2 Å². The van der Waals surface area contributed by atoms with Gasteiger partial charge in [-0.1, -0.05) is 23.7 Å². The molecule has 114 valence electrons. The maximum Gasteiger partial charge on any atom is 0.233 e. The van der Waals surface area contributed by atoms with Crippen LogP contribution in [0.3, 0.4) is 0 Å². The minimum absolute atomic E-state index is 0.251. The van der Waals surface area contributed by atoms with Crippen LogP contribution in [-0.4, -0.2) is 11.8 Å². The number of anilines is 2. The van der Waals surface area contributed by atoms with E-state index >= 15 is 0 Å². The van der Waals surface area contributed by atoms with Crippen molar-refractivity contribution in [2.24, 2.45) is 0 Å². The van der Waals surface area contributed by atoms with E-state index in [2.05, 4.69) is 10.6 Å². The summed E-state index contributed by atoms with van der Waals surface area (Å²) in [4.78, 5) is 23.7. The number of benzene rings is 2. The molecule has 0 aliphatic carbocycles. The van der Waals surface area contributed by atoms with Crippen molar-refractivity contribution in [3.63, 3.8) is 0 Å². The van der Waals surface area contributed by atoms with Gasteiger partial charge in [0.25, 0.3) is 0 Å². The fourth-order valence-electron chi connectivity index (χ4n) is 1.94. The summed E-state index contributed by atoms with van der Waals surface area (Å²) in [7, 11) is 0. The number of carbonyl (C=O) groups is 2. The average Bonchev–Trinajstić information content (AvgIpc) is 2.42. The smallest absolute Gasteiger partial charge is 0.233 e. The molecule has 0 fully saturated rings. The highest BCUT2D eigenvalue weighted by molar-refractivity contribution is 6.30. The van der Waals surface area contributed by atoms with Crippen LogP contribution in [-0.2, 0) is 9.59 Å². The van der Waals surface area contributed by atoms with Crippen molar-refractivity contribution in [3.8, 4) is 0 Å². The molecule has 0 aliphatic rings. The van der Waals surface area contributed by atoms with Crippen molar-refractivity contribution in [1.82, 2.24) is 0 Å². The van der Waals surface area contributed by atoms with Crippen LogP contribution in [0.4, 0.5) is 11.4 Å². The van der Waals surface area contributed by atoms with E-state index in [1.54, 1.807) is 24.3 Å². The first kappa shape index (κ1) is 16.0.